The first kappa shape index (κ1) is 10.9. The number of rotatable bonds is 6. The Bertz CT molecular complexity index is 77.6. The zero-order valence-electron chi connectivity index (χ0n) is 8.14. The van der Waals surface area contributed by atoms with Crippen molar-refractivity contribution in [2.75, 3.05) is 19.6 Å². The van der Waals surface area contributed by atoms with Crippen LogP contribution in [0.3, 0.4) is 0 Å². The molecule has 0 aliphatic rings. The fourth-order valence-electron chi connectivity index (χ4n) is 1.18. The summed E-state index contributed by atoms with van der Waals surface area (Å²) in [4.78, 5) is 2.43. The summed E-state index contributed by atoms with van der Waals surface area (Å²) in [5.74, 6) is 0. The fourth-order valence-corrected chi connectivity index (χ4v) is 1.18. The van der Waals surface area contributed by atoms with E-state index in [4.69, 9.17) is 5.73 Å². The van der Waals surface area contributed by atoms with E-state index in [0.717, 1.165) is 19.5 Å². The molecule has 0 heterocycles. The molecule has 2 nitrogen and oxygen atoms in total. The van der Waals surface area contributed by atoms with Gasteiger partial charge in [-0.15, -0.1) is 0 Å². The van der Waals surface area contributed by atoms with Gasteiger partial charge >= 0.3 is 0 Å². The Morgan fingerprint density at radius 2 is 1.82 bits per heavy atom. The van der Waals surface area contributed by atoms with Crippen molar-refractivity contribution < 1.29 is 0 Å². The van der Waals surface area contributed by atoms with E-state index >= 15 is 0 Å². The second-order valence-electron chi connectivity index (χ2n) is 3.15. The third kappa shape index (κ3) is 6.32. The molecule has 0 aromatic rings. The van der Waals surface area contributed by atoms with Gasteiger partial charge in [-0.25, -0.2) is 0 Å². The SMILES string of the molecule is CCN(CC)CCC[C@@H](C)N. The molecule has 0 aromatic carbocycles. The highest BCUT2D eigenvalue weighted by molar-refractivity contribution is 4.57. The second kappa shape index (κ2) is 6.62. The van der Waals surface area contributed by atoms with Gasteiger partial charge in [0, 0.05) is 6.04 Å². The lowest BCUT2D eigenvalue weighted by Crippen LogP contribution is -2.25. The van der Waals surface area contributed by atoms with Crippen molar-refractivity contribution in [1.29, 1.82) is 0 Å². The highest BCUT2D eigenvalue weighted by Gasteiger charge is 1.99. The third-order valence-electron chi connectivity index (χ3n) is 2.03. The van der Waals surface area contributed by atoms with E-state index in [1.807, 2.05) is 0 Å². The van der Waals surface area contributed by atoms with E-state index < -0.39 is 0 Å². The molecule has 2 N–H and O–H groups in total. The van der Waals surface area contributed by atoms with Crippen LogP contribution in [0.2, 0.25) is 0 Å². The average molecular weight is 158 g/mol. The van der Waals surface area contributed by atoms with Crippen LogP contribution < -0.4 is 5.73 Å². The minimum Gasteiger partial charge on any atom is -0.328 e. The molecule has 0 aliphatic carbocycles. The van der Waals surface area contributed by atoms with Crippen molar-refractivity contribution in [2.24, 2.45) is 5.73 Å². The summed E-state index contributed by atoms with van der Waals surface area (Å²) in [6.45, 7) is 10.0. The maximum atomic E-state index is 5.64. The van der Waals surface area contributed by atoms with Gasteiger partial charge in [-0.1, -0.05) is 13.8 Å². The number of nitrogens with zero attached hydrogens (tertiary/aromatic N) is 1. The molecule has 11 heavy (non-hydrogen) atoms. The van der Waals surface area contributed by atoms with Gasteiger partial charge in [-0.3, -0.25) is 0 Å². The second-order valence-corrected chi connectivity index (χ2v) is 3.15. The maximum Gasteiger partial charge on any atom is 0.00109 e. The van der Waals surface area contributed by atoms with Crippen LogP contribution in [0.25, 0.3) is 0 Å². The quantitative estimate of drug-likeness (QED) is 0.634. The molecule has 0 spiro atoms. The highest BCUT2D eigenvalue weighted by Crippen LogP contribution is 1.96. The molecular formula is C9H22N2. The first-order valence-corrected chi connectivity index (χ1v) is 4.68. The van der Waals surface area contributed by atoms with Crippen LogP contribution in [0.5, 0.6) is 0 Å². The van der Waals surface area contributed by atoms with Gasteiger partial charge in [-0.05, 0) is 39.4 Å². The van der Waals surface area contributed by atoms with E-state index in [1.54, 1.807) is 0 Å². The lowest BCUT2D eigenvalue weighted by atomic mass is 10.2. The smallest absolute Gasteiger partial charge is 0.00109 e. The summed E-state index contributed by atoms with van der Waals surface area (Å²) in [5, 5.41) is 0. The van der Waals surface area contributed by atoms with Crippen LogP contribution in [0.1, 0.15) is 33.6 Å². The fraction of sp³-hybridized carbons (Fsp3) is 1.00. The summed E-state index contributed by atoms with van der Waals surface area (Å²) in [7, 11) is 0. The van der Waals surface area contributed by atoms with Crippen molar-refractivity contribution in [2.45, 2.75) is 39.7 Å². The lowest BCUT2D eigenvalue weighted by molar-refractivity contribution is 0.294. The minimum absolute atomic E-state index is 0.366. The third-order valence-corrected chi connectivity index (χ3v) is 2.03. The summed E-state index contributed by atoms with van der Waals surface area (Å²) in [6.07, 6.45) is 2.38. The molecule has 0 fully saturated rings. The number of nitrogens with two attached hydrogens (primary N) is 1. The van der Waals surface area contributed by atoms with E-state index in [2.05, 4.69) is 25.7 Å². The number of hydrogen-bond acceptors (Lipinski definition) is 2. The average Bonchev–Trinajstić information content (AvgIpc) is 1.98. The maximum absolute atomic E-state index is 5.64. The largest absolute Gasteiger partial charge is 0.328 e. The van der Waals surface area contributed by atoms with Gasteiger partial charge in [0.2, 0.25) is 0 Å². The monoisotopic (exact) mass is 158 g/mol. The first-order valence-electron chi connectivity index (χ1n) is 4.68. The first-order chi connectivity index (χ1) is 5.20. The molecule has 0 unspecified atom stereocenters. The molecule has 68 valence electrons. The Morgan fingerprint density at radius 1 is 1.27 bits per heavy atom. The van der Waals surface area contributed by atoms with Crippen molar-refractivity contribution in [3.63, 3.8) is 0 Å². The van der Waals surface area contributed by atoms with Gasteiger partial charge in [-0.2, -0.15) is 0 Å². The van der Waals surface area contributed by atoms with Gasteiger partial charge in [0.15, 0.2) is 0 Å². The van der Waals surface area contributed by atoms with Gasteiger partial charge in [0.1, 0.15) is 0 Å². The van der Waals surface area contributed by atoms with Crippen LogP contribution in [-0.2, 0) is 0 Å². The molecule has 0 rings (SSSR count). The predicted molar refractivity (Wildman–Crippen MR) is 50.7 cm³/mol. The summed E-state index contributed by atoms with van der Waals surface area (Å²) in [6, 6.07) is 0.366. The molecule has 1 atom stereocenters. The van der Waals surface area contributed by atoms with Crippen molar-refractivity contribution in [3.05, 3.63) is 0 Å². The molecular weight excluding hydrogens is 136 g/mol. The zero-order valence-corrected chi connectivity index (χ0v) is 8.14. The highest BCUT2D eigenvalue weighted by atomic mass is 15.1. The van der Waals surface area contributed by atoms with Crippen molar-refractivity contribution in [1.82, 2.24) is 4.90 Å². The van der Waals surface area contributed by atoms with Gasteiger partial charge < -0.3 is 10.6 Å². The Labute approximate surface area is 70.8 Å². The van der Waals surface area contributed by atoms with E-state index in [-0.39, 0.29) is 0 Å². The molecule has 0 saturated heterocycles. The zero-order chi connectivity index (χ0) is 8.69. The topological polar surface area (TPSA) is 29.3 Å². The molecule has 0 amide bonds. The Kier molecular flexibility index (Phi) is 6.57. The standard InChI is InChI=1S/C9H22N2/c1-4-11(5-2)8-6-7-9(3)10/h9H,4-8,10H2,1-3H3/t9-/m1/s1. The van der Waals surface area contributed by atoms with E-state index in [9.17, 15) is 0 Å². The molecule has 0 saturated carbocycles. The normalized spacial score (nSPS) is 13.9. The van der Waals surface area contributed by atoms with Crippen LogP contribution in [0.4, 0.5) is 0 Å². The molecule has 0 aromatic heterocycles. The van der Waals surface area contributed by atoms with E-state index in [1.165, 1.54) is 13.0 Å². The van der Waals surface area contributed by atoms with Crippen molar-refractivity contribution >= 4 is 0 Å². The van der Waals surface area contributed by atoms with Crippen LogP contribution in [0.15, 0.2) is 0 Å². The van der Waals surface area contributed by atoms with Gasteiger partial charge in [0.25, 0.3) is 0 Å². The van der Waals surface area contributed by atoms with Crippen molar-refractivity contribution in [3.8, 4) is 0 Å². The summed E-state index contributed by atoms with van der Waals surface area (Å²) < 4.78 is 0. The molecule has 0 radical (unpaired) electrons. The summed E-state index contributed by atoms with van der Waals surface area (Å²) >= 11 is 0. The Hall–Kier alpha value is -0.0800. The molecule has 0 bridgehead atoms. The minimum atomic E-state index is 0.366. The summed E-state index contributed by atoms with van der Waals surface area (Å²) in [5.41, 5.74) is 5.64. The number of hydrogen-bond donors (Lipinski definition) is 1. The lowest BCUT2D eigenvalue weighted by Gasteiger charge is -2.17. The molecule has 2 heteroatoms. The van der Waals surface area contributed by atoms with E-state index in [0.29, 0.717) is 6.04 Å². The predicted octanol–water partition coefficient (Wildman–Crippen LogP) is 1.46. The Morgan fingerprint density at radius 3 is 2.18 bits per heavy atom. The van der Waals surface area contributed by atoms with Crippen LogP contribution >= 0.6 is 0 Å². The molecule has 0 aliphatic heterocycles. The van der Waals surface area contributed by atoms with Crippen LogP contribution in [0, 0.1) is 0 Å². The van der Waals surface area contributed by atoms with Gasteiger partial charge in [0.05, 0.1) is 0 Å². The Balaban J connectivity index is 3.21. The van der Waals surface area contributed by atoms with Crippen LogP contribution in [-0.4, -0.2) is 30.6 Å².